The molecule has 3 aliphatic rings. The van der Waals surface area contributed by atoms with Crippen LogP contribution in [0, 0.1) is 29.0 Å². The first kappa shape index (κ1) is 23.2. The number of likely N-dealkylation sites (tertiary alicyclic amines) is 1. The van der Waals surface area contributed by atoms with E-state index in [2.05, 4.69) is 23.5 Å². The number of benzene rings is 1. The monoisotopic (exact) mass is 461 g/mol. The molecule has 2 atom stereocenters. The topological polar surface area (TPSA) is 69.7 Å². The standard InChI is InChI=1S/C24H32FN3O3S/c1-24(13-14-24)12-10-17-6-4-9-19(22(17)25)16-21-20(26-32(30,31)27(2)3)11-15-28(21)23(29)18-7-5-8-18/h4,6,9,18,20-21,26H,5,7-8,11,13-16H2,1-3H3. The molecule has 0 spiro atoms. The number of carbonyl (C=O) groups excluding carboxylic acids is 1. The summed E-state index contributed by atoms with van der Waals surface area (Å²) in [4.78, 5) is 14.8. The van der Waals surface area contributed by atoms with Crippen molar-refractivity contribution in [3.63, 3.8) is 0 Å². The number of hydrogen-bond donors (Lipinski definition) is 1. The molecule has 2 aliphatic carbocycles. The maximum absolute atomic E-state index is 15.3. The molecule has 3 fully saturated rings. The van der Waals surface area contributed by atoms with Crippen LogP contribution in [-0.2, 0) is 21.4 Å². The summed E-state index contributed by atoms with van der Waals surface area (Å²) in [5, 5.41) is 0. The van der Waals surface area contributed by atoms with Gasteiger partial charge in [-0.15, -0.1) is 0 Å². The lowest BCUT2D eigenvalue weighted by molar-refractivity contribution is -0.139. The number of carbonyl (C=O) groups is 1. The summed E-state index contributed by atoms with van der Waals surface area (Å²) in [7, 11) is -0.747. The molecular formula is C24H32FN3O3S. The van der Waals surface area contributed by atoms with Crippen molar-refractivity contribution < 1.29 is 17.6 Å². The molecule has 1 amide bonds. The fraction of sp³-hybridized carbons (Fsp3) is 0.625. The quantitative estimate of drug-likeness (QED) is 0.663. The average molecular weight is 462 g/mol. The molecule has 1 aromatic rings. The minimum Gasteiger partial charge on any atom is -0.337 e. The number of amides is 1. The van der Waals surface area contributed by atoms with Crippen LogP contribution in [0.1, 0.15) is 56.6 Å². The van der Waals surface area contributed by atoms with Gasteiger partial charge in [-0.1, -0.05) is 30.4 Å². The van der Waals surface area contributed by atoms with Gasteiger partial charge >= 0.3 is 0 Å². The molecule has 2 saturated carbocycles. The van der Waals surface area contributed by atoms with Gasteiger partial charge in [-0.2, -0.15) is 17.4 Å². The Balaban J connectivity index is 1.60. The maximum Gasteiger partial charge on any atom is 0.279 e. The zero-order valence-corrected chi connectivity index (χ0v) is 19.8. The third kappa shape index (κ3) is 4.85. The van der Waals surface area contributed by atoms with Crippen LogP contribution in [0.2, 0.25) is 0 Å². The highest BCUT2D eigenvalue weighted by Crippen LogP contribution is 2.44. The molecule has 0 radical (unpaired) electrons. The van der Waals surface area contributed by atoms with Gasteiger partial charge in [-0.3, -0.25) is 4.79 Å². The molecule has 1 heterocycles. The molecule has 174 valence electrons. The average Bonchev–Trinajstić information content (AvgIpc) is 3.30. The first-order valence-corrected chi connectivity index (χ1v) is 12.8. The predicted molar refractivity (Wildman–Crippen MR) is 121 cm³/mol. The molecule has 1 aromatic carbocycles. The molecule has 32 heavy (non-hydrogen) atoms. The number of hydrogen-bond acceptors (Lipinski definition) is 3. The molecule has 1 N–H and O–H groups in total. The Kier molecular flexibility index (Phi) is 6.36. The van der Waals surface area contributed by atoms with Crippen molar-refractivity contribution in [2.45, 2.75) is 64.0 Å². The highest BCUT2D eigenvalue weighted by atomic mass is 32.2. The van der Waals surface area contributed by atoms with Crippen molar-refractivity contribution >= 4 is 16.1 Å². The van der Waals surface area contributed by atoms with Crippen LogP contribution < -0.4 is 4.72 Å². The summed E-state index contributed by atoms with van der Waals surface area (Å²) in [6.45, 7) is 2.55. The van der Waals surface area contributed by atoms with Gasteiger partial charge in [0.2, 0.25) is 5.91 Å². The predicted octanol–water partition coefficient (Wildman–Crippen LogP) is 2.69. The SMILES string of the molecule is CN(C)S(=O)(=O)NC1CCN(C(=O)C2CCC2)C1Cc1cccc(C#CC2(C)CC2)c1F. The van der Waals surface area contributed by atoms with Gasteiger partial charge < -0.3 is 4.90 Å². The van der Waals surface area contributed by atoms with Crippen LogP contribution in [-0.4, -0.2) is 56.3 Å². The first-order chi connectivity index (χ1) is 15.1. The van der Waals surface area contributed by atoms with Crippen LogP contribution in [0.4, 0.5) is 4.39 Å². The Morgan fingerprint density at radius 3 is 2.59 bits per heavy atom. The van der Waals surface area contributed by atoms with Crippen LogP contribution >= 0.6 is 0 Å². The van der Waals surface area contributed by atoms with Gasteiger partial charge in [0, 0.05) is 38.0 Å². The van der Waals surface area contributed by atoms with E-state index in [-0.39, 0.29) is 29.5 Å². The van der Waals surface area contributed by atoms with Gasteiger partial charge in [0.1, 0.15) is 5.82 Å². The van der Waals surface area contributed by atoms with Crippen molar-refractivity contribution in [3.8, 4) is 11.8 Å². The van der Waals surface area contributed by atoms with E-state index in [0.717, 1.165) is 36.4 Å². The maximum atomic E-state index is 15.3. The van der Waals surface area contributed by atoms with Crippen molar-refractivity contribution in [1.82, 2.24) is 13.9 Å². The molecule has 2 unspecified atom stereocenters. The van der Waals surface area contributed by atoms with Crippen LogP contribution in [0.25, 0.3) is 0 Å². The highest BCUT2D eigenvalue weighted by Gasteiger charge is 2.42. The second-order valence-electron chi connectivity index (χ2n) is 9.82. The van der Waals surface area contributed by atoms with E-state index in [0.29, 0.717) is 24.1 Å². The van der Waals surface area contributed by atoms with Crippen molar-refractivity contribution in [2.24, 2.45) is 11.3 Å². The second kappa shape index (κ2) is 8.77. The molecule has 4 rings (SSSR count). The number of rotatable bonds is 6. The molecule has 1 saturated heterocycles. The van der Waals surface area contributed by atoms with Crippen LogP contribution in [0.3, 0.4) is 0 Å². The van der Waals surface area contributed by atoms with Gasteiger partial charge in [0.15, 0.2) is 0 Å². The van der Waals surface area contributed by atoms with Gasteiger partial charge in [-0.05, 0) is 57.1 Å². The lowest BCUT2D eigenvalue weighted by Gasteiger charge is -2.34. The summed E-state index contributed by atoms with van der Waals surface area (Å²) in [6.07, 6.45) is 5.61. The summed E-state index contributed by atoms with van der Waals surface area (Å²) < 4.78 is 44.1. The van der Waals surface area contributed by atoms with Crippen LogP contribution in [0.5, 0.6) is 0 Å². The smallest absolute Gasteiger partial charge is 0.279 e. The summed E-state index contributed by atoms with van der Waals surface area (Å²) >= 11 is 0. The third-order valence-corrected chi connectivity index (χ3v) is 8.63. The Morgan fingerprint density at radius 1 is 1.28 bits per heavy atom. The first-order valence-electron chi connectivity index (χ1n) is 11.4. The Labute approximate surface area is 190 Å². The Bertz CT molecular complexity index is 1050. The molecule has 8 heteroatoms. The van der Waals surface area contributed by atoms with E-state index in [9.17, 15) is 13.2 Å². The molecular weight excluding hydrogens is 429 g/mol. The van der Waals surface area contributed by atoms with E-state index >= 15 is 4.39 Å². The number of nitrogens with zero attached hydrogens (tertiary/aromatic N) is 2. The summed E-state index contributed by atoms with van der Waals surface area (Å²) in [5.41, 5.74) is 0.816. The molecule has 1 aliphatic heterocycles. The fourth-order valence-electron chi connectivity index (χ4n) is 4.29. The van der Waals surface area contributed by atoms with E-state index in [4.69, 9.17) is 0 Å². The van der Waals surface area contributed by atoms with Crippen LogP contribution in [0.15, 0.2) is 18.2 Å². The second-order valence-corrected chi connectivity index (χ2v) is 11.7. The molecule has 6 nitrogen and oxygen atoms in total. The highest BCUT2D eigenvalue weighted by molar-refractivity contribution is 7.87. The van der Waals surface area contributed by atoms with Crippen molar-refractivity contribution in [2.75, 3.05) is 20.6 Å². The minimum atomic E-state index is -3.67. The van der Waals surface area contributed by atoms with Gasteiger partial charge in [0.25, 0.3) is 10.2 Å². The zero-order chi connectivity index (χ0) is 23.1. The van der Waals surface area contributed by atoms with Crippen molar-refractivity contribution in [3.05, 3.63) is 35.1 Å². The minimum absolute atomic E-state index is 0.00281. The van der Waals surface area contributed by atoms with E-state index in [1.165, 1.54) is 14.1 Å². The molecule has 0 bridgehead atoms. The molecule has 0 aromatic heterocycles. The Hall–Kier alpha value is -1.95. The van der Waals surface area contributed by atoms with Crippen molar-refractivity contribution in [1.29, 1.82) is 0 Å². The zero-order valence-electron chi connectivity index (χ0n) is 19.0. The normalized spacial score (nSPS) is 24.7. The Morgan fingerprint density at radius 2 is 2.00 bits per heavy atom. The van der Waals surface area contributed by atoms with Gasteiger partial charge in [-0.25, -0.2) is 4.39 Å². The number of nitrogens with one attached hydrogen (secondary N) is 1. The third-order valence-electron chi connectivity index (χ3n) is 7.07. The van der Waals surface area contributed by atoms with E-state index in [1.54, 1.807) is 23.1 Å². The lowest BCUT2D eigenvalue weighted by atomic mass is 9.84. The summed E-state index contributed by atoms with van der Waals surface area (Å²) in [6, 6.07) is 4.27. The van der Waals surface area contributed by atoms with Gasteiger partial charge in [0.05, 0.1) is 11.6 Å². The largest absolute Gasteiger partial charge is 0.337 e. The van der Waals surface area contributed by atoms with E-state index in [1.807, 2.05) is 0 Å². The fourth-order valence-corrected chi connectivity index (χ4v) is 5.16. The van der Waals surface area contributed by atoms with E-state index < -0.39 is 22.3 Å². The lowest BCUT2D eigenvalue weighted by Crippen LogP contribution is -2.51. The number of halogens is 1. The summed E-state index contributed by atoms with van der Waals surface area (Å²) in [5.74, 6) is 5.85.